The Labute approximate surface area is 115 Å². The highest BCUT2D eigenvalue weighted by molar-refractivity contribution is 6.01. The SMILES string of the molecule is CC[C@H](NC(=O)Nc1cccc2ccncc12)C(=O)O. The van der Waals surface area contributed by atoms with E-state index in [-0.39, 0.29) is 0 Å². The summed E-state index contributed by atoms with van der Waals surface area (Å²) in [6.45, 7) is 1.70. The molecule has 0 aliphatic heterocycles. The van der Waals surface area contributed by atoms with Crippen molar-refractivity contribution in [3.63, 3.8) is 0 Å². The van der Waals surface area contributed by atoms with Crippen molar-refractivity contribution in [3.8, 4) is 0 Å². The molecule has 0 saturated heterocycles. The fourth-order valence-corrected chi connectivity index (χ4v) is 1.88. The smallest absolute Gasteiger partial charge is 0.326 e. The number of aromatic nitrogens is 1. The molecule has 2 rings (SSSR count). The predicted molar refractivity (Wildman–Crippen MR) is 75.6 cm³/mol. The van der Waals surface area contributed by atoms with Crippen LogP contribution in [0.15, 0.2) is 36.7 Å². The van der Waals surface area contributed by atoms with E-state index in [9.17, 15) is 9.59 Å². The summed E-state index contributed by atoms with van der Waals surface area (Å²) in [6.07, 6.45) is 3.64. The number of carboxylic acids is 1. The van der Waals surface area contributed by atoms with Gasteiger partial charge in [-0.3, -0.25) is 4.98 Å². The molecule has 2 aromatic rings. The van der Waals surface area contributed by atoms with E-state index < -0.39 is 18.0 Å². The van der Waals surface area contributed by atoms with Crippen LogP contribution in [0.25, 0.3) is 10.8 Å². The monoisotopic (exact) mass is 273 g/mol. The average Bonchev–Trinajstić information content (AvgIpc) is 2.45. The number of fused-ring (bicyclic) bond motifs is 1. The summed E-state index contributed by atoms with van der Waals surface area (Å²) in [7, 11) is 0. The zero-order chi connectivity index (χ0) is 14.5. The molecule has 2 amide bonds. The van der Waals surface area contributed by atoms with Crippen molar-refractivity contribution in [2.24, 2.45) is 0 Å². The second-order valence-corrected chi connectivity index (χ2v) is 4.30. The molecule has 1 aromatic carbocycles. The van der Waals surface area contributed by atoms with Crippen molar-refractivity contribution in [1.29, 1.82) is 0 Å². The predicted octanol–water partition coefficient (Wildman–Crippen LogP) is 2.22. The van der Waals surface area contributed by atoms with Gasteiger partial charge in [0.2, 0.25) is 0 Å². The van der Waals surface area contributed by atoms with Crippen molar-refractivity contribution in [2.45, 2.75) is 19.4 Å². The topological polar surface area (TPSA) is 91.3 Å². The molecule has 104 valence electrons. The molecule has 1 atom stereocenters. The van der Waals surface area contributed by atoms with Gasteiger partial charge in [-0.2, -0.15) is 0 Å². The molecule has 0 spiro atoms. The van der Waals surface area contributed by atoms with Crippen molar-refractivity contribution in [2.75, 3.05) is 5.32 Å². The van der Waals surface area contributed by atoms with Crippen molar-refractivity contribution < 1.29 is 14.7 Å². The zero-order valence-corrected chi connectivity index (χ0v) is 11.0. The van der Waals surface area contributed by atoms with Crippen molar-refractivity contribution in [3.05, 3.63) is 36.7 Å². The number of nitrogens with zero attached hydrogens (tertiary/aromatic N) is 1. The lowest BCUT2D eigenvalue weighted by Crippen LogP contribution is -2.42. The summed E-state index contributed by atoms with van der Waals surface area (Å²) >= 11 is 0. The number of carbonyl (C=O) groups is 2. The number of carboxylic acid groups (broad SMARTS) is 1. The number of carbonyl (C=O) groups excluding carboxylic acids is 1. The highest BCUT2D eigenvalue weighted by atomic mass is 16.4. The molecule has 20 heavy (non-hydrogen) atoms. The van der Waals surface area contributed by atoms with E-state index in [1.54, 1.807) is 25.4 Å². The van der Waals surface area contributed by atoms with E-state index in [4.69, 9.17) is 5.11 Å². The number of pyridine rings is 1. The van der Waals surface area contributed by atoms with E-state index in [1.807, 2.05) is 18.2 Å². The summed E-state index contributed by atoms with van der Waals surface area (Å²) in [5.41, 5.74) is 0.591. The lowest BCUT2D eigenvalue weighted by atomic mass is 10.1. The highest BCUT2D eigenvalue weighted by Gasteiger charge is 2.17. The van der Waals surface area contributed by atoms with E-state index >= 15 is 0 Å². The van der Waals surface area contributed by atoms with Crippen molar-refractivity contribution in [1.82, 2.24) is 10.3 Å². The standard InChI is InChI=1S/C14H15N3O3/c1-2-11(13(18)19)16-14(20)17-12-5-3-4-9-6-7-15-8-10(9)12/h3-8,11H,2H2,1H3,(H,18,19)(H2,16,17,20)/t11-/m0/s1. The van der Waals surface area contributed by atoms with Gasteiger partial charge in [0.05, 0.1) is 5.69 Å². The summed E-state index contributed by atoms with van der Waals surface area (Å²) < 4.78 is 0. The first-order chi connectivity index (χ1) is 9.61. The van der Waals surface area contributed by atoms with Crippen LogP contribution >= 0.6 is 0 Å². The van der Waals surface area contributed by atoms with Crippen LogP contribution < -0.4 is 10.6 Å². The molecular formula is C14H15N3O3. The Hall–Kier alpha value is -2.63. The summed E-state index contributed by atoms with van der Waals surface area (Å²) in [6, 6.07) is 5.85. The third-order valence-electron chi connectivity index (χ3n) is 2.94. The van der Waals surface area contributed by atoms with E-state index in [2.05, 4.69) is 15.6 Å². The van der Waals surface area contributed by atoms with Crippen LogP contribution in [0.4, 0.5) is 10.5 Å². The van der Waals surface area contributed by atoms with E-state index in [1.165, 1.54) is 0 Å². The average molecular weight is 273 g/mol. The van der Waals surface area contributed by atoms with E-state index in [0.717, 1.165) is 10.8 Å². The molecular weight excluding hydrogens is 258 g/mol. The molecule has 6 nitrogen and oxygen atoms in total. The molecule has 0 bridgehead atoms. The summed E-state index contributed by atoms with van der Waals surface area (Å²) in [4.78, 5) is 26.7. The molecule has 0 aliphatic rings. The second-order valence-electron chi connectivity index (χ2n) is 4.30. The number of aliphatic carboxylic acids is 1. The number of anilines is 1. The summed E-state index contributed by atoms with van der Waals surface area (Å²) in [5.74, 6) is -1.05. The quantitative estimate of drug-likeness (QED) is 0.796. The first kappa shape index (κ1) is 13.8. The van der Waals surface area contributed by atoms with E-state index in [0.29, 0.717) is 12.1 Å². The van der Waals surface area contributed by atoms with Gasteiger partial charge in [-0.15, -0.1) is 0 Å². The lowest BCUT2D eigenvalue weighted by Gasteiger charge is -2.14. The lowest BCUT2D eigenvalue weighted by molar-refractivity contribution is -0.139. The van der Waals surface area contributed by atoms with Gasteiger partial charge in [-0.25, -0.2) is 9.59 Å². The second kappa shape index (κ2) is 6.01. The first-order valence-electron chi connectivity index (χ1n) is 6.25. The maximum absolute atomic E-state index is 11.8. The van der Waals surface area contributed by atoms with Gasteiger partial charge in [0.1, 0.15) is 6.04 Å². The van der Waals surface area contributed by atoms with Crippen LogP contribution in [0.2, 0.25) is 0 Å². The zero-order valence-electron chi connectivity index (χ0n) is 11.0. The molecule has 0 radical (unpaired) electrons. The Balaban J connectivity index is 2.16. The number of urea groups is 1. The van der Waals surface area contributed by atoms with Gasteiger partial charge in [0, 0.05) is 17.8 Å². The third-order valence-corrected chi connectivity index (χ3v) is 2.94. The minimum atomic E-state index is -1.05. The Bertz CT molecular complexity index is 637. The minimum absolute atomic E-state index is 0.319. The van der Waals surface area contributed by atoms with Crippen molar-refractivity contribution >= 4 is 28.5 Å². The first-order valence-corrected chi connectivity index (χ1v) is 6.25. The van der Waals surface area contributed by atoms with Crippen LogP contribution in [0.3, 0.4) is 0 Å². The number of hydrogen-bond acceptors (Lipinski definition) is 3. The normalized spacial score (nSPS) is 11.8. The number of amides is 2. The molecule has 0 saturated carbocycles. The van der Waals surface area contributed by atoms with Crippen LogP contribution in [0, 0.1) is 0 Å². The largest absolute Gasteiger partial charge is 0.480 e. The van der Waals surface area contributed by atoms with Crippen LogP contribution in [-0.2, 0) is 4.79 Å². The van der Waals surface area contributed by atoms with Crippen LogP contribution in [-0.4, -0.2) is 28.1 Å². The van der Waals surface area contributed by atoms with Gasteiger partial charge >= 0.3 is 12.0 Å². The van der Waals surface area contributed by atoms with Crippen LogP contribution in [0.1, 0.15) is 13.3 Å². The molecule has 3 N–H and O–H groups in total. The van der Waals surface area contributed by atoms with Gasteiger partial charge < -0.3 is 15.7 Å². The maximum Gasteiger partial charge on any atom is 0.326 e. The van der Waals surface area contributed by atoms with Gasteiger partial charge in [0.15, 0.2) is 0 Å². The minimum Gasteiger partial charge on any atom is -0.480 e. The Morgan fingerprint density at radius 3 is 2.85 bits per heavy atom. The van der Waals surface area contributed by atoms with Crippen LogP contribution in [0.5, 0.6) is 0 Å². The molecule has 6 heteroatoms. The fourth-order valence-electron chi connectivity index (χ4n) is 1.88. The Morgan fingerprint density at radius 1 is 1.35 bits per heavy atom. The Morgan fingerprint density at radius 2 is 2.15 bits per heavy atom. The number of nitrogens with one attached hydrogen (secondary N) is 2. The Kier molecular flexibility index (Phi) is 4.14. The maximum atomic E-state index is 11.8. The third kappa shape index (κ3) is 3.03. The fraction of sp³-hybridized carbons (Fsp3) is 0.214. The molecule has 0 aliphatic carbocycles. The molecule has 1 heterocycles. The molecule has 0 unspecified atom stereocenters. The number of rotatable bonds is 4. The number of benzene rings is 1. The highest BCUT2D eigenvalue weighted by Crippen LogP contribution is 2.21. The molecule has 0 fully saturated rings. The molecule has 1 aromatic heterocycles. The number of hydrogen-bond donors (Lipinski definition) is 3. The van der Waals surface area contributed by atoms with Gasteiger partial charge in [-0.05, 0) is 23.9 Å². The van der Waals surface area contributed by atoms with Gasteiger partial charge in [0.25, 0.3) is 0 Å². The van der Waals surface area contributed by atoms with Gasteiger partial charge in [-0.1, -0.05) is 19.1 Å². The summed E-state index contributed by atoms with van der Waals surface area (Å²) in [5, 5.41) is 15.7.